The van der Waals surface area contributed by atoms with Gasteiger partial charge < -0.3 is 5.32 Å². The lowest BCUT2D eigenvalue weighted by atomic mass is 9.91. The van der Waals surface area contributed by atoms with Crippen molar-refractivity contribution in [2.24, 2.45) is 0 Å². The Morgan fingerprint density at radius 3 is 2.80 bits per heavy atom. The Labute approximate surface area is 207 Å². The number of nitrogens with one attached hydrogen (secondary N) is 1. The number of pyridine rings is 1. The van der Waals surface area contributed by atoms with E-state index in [-0.39, 0.29) is 17.3 Å². The minimum atomic E-state index is -0.454. The van der Waals surface area contributed by atoms with Gasteiger partial charge in [-0.2, -0.15) is 15.5 Å². The van der Waals surface area contributed by atoms with Crippen molar-refractivity contribution in [3.8, 4) is 17.2 Å². The molecule has 0 unspecified atom stereocenters. The summed E-state index contributed by atoms with van der Waals surface area (Å²) in [5.74, 6) is -0.454. The summed E-state index contributed by atoms with van der Waals surface area (Å²) in [4.78, 5) is 4.86. The Kier molecular flexibility index (Phi) is 5.84. The number of rotatable bonds is 4. The number of halogens is 1. The first-order chi connectivity index (χ1) is 16.8. The fourth-order valence-electron chi connectivity index (χ4n) is 4.57. The summed E-state index contributed by atoms with van der Waals surface area (Å²) in [6, 6.07) is 8.64. The van der Waals surface area contributed by atoms with Crippen LogP contribution in [0.4, 0.5) is 10.1 Å². The van der Waals surface area contributed by atoms with Crippen LogP contribution in [0, 0.1) is 30.6 Å². The van der Waals surface area contributed by atoms with Gasteiger partial charge in [0.05, 0.1) is 36.1 Å². The number of benzene rings is 1. The zero-order valence-electron chi connectivity index (χ0n) is 19.7. The third-order valence-corrected chi connectivity index (χ3v) is 7.68. The van der Waals surface area contributed by atoms with Gasteiger partial charge in [0.2, 0.25) is 5.69 Å². The predicted molar refractivity (Wildman–Crippen MR) is 133 cm³/mol. The summed E-state index contributed by atoms with van der Waals surface area (Å²) in [7, 11) is 0. The Morgan fingerprint density at radius 1 is 1.26 bits per heavy atom. The van der Waals surface area contributed by atoms with Gasteiger partial charge >= 0.3 is 0 Å². The molecule has 4 heterocycles. The van der Waals surface area contributed by atoms with Crippen LogP contribution in [0.2, 0.25) is 0 Å². The second-order valence-corrected chi connectivity index (χ2v) is 10.5. The minimum Gasteiger partial charge on any atom is -0.310 e. The van der Waals surface area contributed by atoms with E-state index in [1.165, 1.54) is 30.1 Å². The van der Waals surface area contributed by atoms with Crippen molar-refractivity contribution in [2.75, 3.05) is 6.54 Å². The highest BCUT2D eigenvalue weighted by Gasteiger charge is 2.28. The zero-order chi connectivity index (χ0) is 24.7. The van der Waals surface area contributed by atoms with E-state index in [1.54, 1.807) is 10.6 Å². The van der Waals surface area contributed by atoms with E-state index in [2.05, 4.69) is 46.8 Å². The topological polar surface area (TPSA) is 75.3 Å². The molecule has 9 heteroatoms. The molecule has 0 spiro atoms. The molecule has 1 saturated heterocycles. The molecule has 1 N–H and O–H groups in total. The summed E-state index contributed by atoms with van der Waals surface area (Å²) in [6.45, 7) is 14.8. The summed E-state index contributed by atoms with van der Waals surface area (Å²) in [5, 5.41) is 22.4. The third kappa shape index (κ3) is 4.29. The summed E-state index contributed by atoms with van der Waals surface area (Å²) in [5.41, 5.74) is 4.42. The zero-order valence-corrected chi connectivity index (χ0v) is 20.5. The number of nitrogens with zero attached hydrogens (tertiary/aromatic N) is 6. The average molecular weight is 486 g/mol. The largest absolute Gasteiger partial charge is 0.310 e. The Balaban J connectivity index is 1.58. The molecule has 1 aromatic carbocycles. The lowest BCUT2D eigenvalue weighted by Crippen LogP contribution is -2.47. The Morgan fingerprint density at radius 2 is 2.09 bits per heavy atom. The van der Waals surface area contributed by atoms with Gasteiger partial charge in [-0.05, 0) is 51.8 Å². The Bertz CT molecular complexity index is 1510. The smallest absolute Gasteiger partial charge is 0.203 e. The molecule has 0 amide bonds. The molecular formula is C26H24FN7S. The molecule has 3 aromatic heterocycles. The standard InChI is InChI=1S/C26H24FN7S/c1-16-21(14-32-34(16)20-7-8-26(2,3)30-13-20)17-9-24(25-18(11-28)12-31-33(25)15-17)35-23-6-5-19(27)10-22(23)29-4/h5-6,9-10,12,14-15,20,30H,7-8,13H2,1-3H3/t20-/m0/s1. The van der Waals surface area contributed by atoms with Crippen LogP contribution in [0.15, 0.2) is 52.6 Å². The van der Waals surface area contributed by atoms with Crippen molar-refractivity contribution in [1.82, 2.24) is 24.7 Å². The SMILES string of the molecule is [C-]#[N+]c1cc(F)ccc1Sc1cc(-c2cnn([C@H]3CCC(C)(C)NC3)c2C)cn2ncc(C#N)c12. The maximum Gasteiger partial charge on any atom is 0.203 e. The first-order valence-electron chi connectivity index (χ1n) is 11.4. The summed E-state index contributed by atoms with van der Waals surface area (Å²) >= 11 is 1.33. The number of hydrogen-bond acceptors (Lipinski definition) is 5. The number of nitriles is 1. The molecule has 0 radical (unpaired) electrons. The molecule has 0 aliphatic carbocycles. The summed E-state index contributed by atoms with van der Waals surface area (Å²) < 4.78 is 17.5. The van der Waals surface area contributed by atoms with Gasteiger partial charge in [-0.3, -0.25) is 4.68 Å². The molecule has 1 fully saturated rings. The van der Waals surface area contributed by atoms with Crippen molar-refractivity contribution in [3.05, 3.63) is 71.3 Å². The van der Waals surface area contributed by atoms with Crippen molar-refractivity contribution in [3.63, 3.8) is 0 Å². The normalized spacial score (nSPS) is 17.3. The fraction of sp³-hybridized carbons (Fsp3) is 0.308. The van der Waals surface area contributed by atoms with Crippen LogP contribution < -0.4 is 5.32 Å². The van der Waals surface area contributed by atoms with E-state index < -0.39 is 5.82 Å². The van der Waals surface area contributed by atoms with Crippen molar-refractivity contribution in [2.45, 2.75) is 55.0 Å². The average Bonchev–Trinajstić information content (AvgIpc) is 3.43. The van der Waals surface area contributed by atoms with E-state index in [0.717, 1.165) is 41.1 Å². The second kappa shape index (κ2) is 8.84. The van der Waals surface area contributed by atoms with E-state index in [1.807, 2.05) is 18.5 Å². The van der Waals surface area contributed by atoms with E-state index in [4.69, 9.17) is 11.7 Å². The van der Waals surface area contributed by atoms with Gasteiger partial charge in [-0.25, -0.2) is 13.8 Å². The molecule has 4 aromatic rings. The molecule has 176 valence electrons. The highest BCUT2D eigenvalue weighted by atomic mass is 32.2. The molecule has 1 aliphatic heterocycles. The fourth-order valence-corrected chi connectivity index (χ4v) is 5.64. The van der Waals surface area contributed by atoms with Crippen molar-refractivity contribution < 1.29 is 4.39 Å². The molecule has 0 bridgehead atoms. The maximum atomic E-state index is 13.7. The molecular weight excluding hydrogens is 461 g/mol. The molecule has 1 aliphatic rings. The van der Waals surface area contributed by atoms with Gasteiger partial charge in [0.25, 0.3) is 0 Å². The van der Waals surface area contributed by atoms with E-state index >= 15 is 0 Å². The van der Waals surface area contributed by atoms with E-state index in [9.17, 15) is 9.65 Å². The molecule has 5 rings (SSSR count). The summed E-state index contributed by atoms with van der Waals surface area (Å²) in [6.07, 6.45) is 7.44. The van der Waals surface area contributed by atoms with Crippen molar-refractivity contribution in [1.29, 1.82) is 5.26 Å². The predicted octanol–water partition coefficient (Wildman–Crippen LogP) is 5.92. The quantitative estimate of drug-likeness (QED) is 0.363. The van der Waals surface area contributed by atoms with Crippen LogP contribution in [0.1, 0.15) is 44.0 Å². The number of piperidine rings is 1. The third-order valence-electron chi connectivity index (χ3n) is 6.58. The van der Waals surface area contributed by atoms with Crippen LogP contribution in [0.5, 0.6) is 0 Å². The first-order valence-corrected chi connectivity index (χ1v) is 12.2. The minimum absolute atomic E-state index is 0.140. The van der Waals surface area contributed by atoms with Crippen LogP contribution >= 0.6 is 11.8 Å². The number of aromatic nitrogens is 4. The van der Waals surface area contributed by atoms with Gasteiger partial charge in [0.15, 0.2) is 0 Å². The molecule has 7 nitrogen and oxygen atoms in total. The van der Waals surface area contributed by atoms with Gasteiger partial charge in [0.1, 0.15) is 11.9 Å². The highest BCUT2D eigenvalue weighted by molar-refractivity contribution is 7.99. The van der Waals surface area contributed by atoms with Crippen molar-refractivity contribution >= 4 is 23.0 Å². The Hall–Kier alpha value is -3.66. The second-order valence-electron chi connectivity index (χ2n) is 9.43. The van der Waals surface area contributed by atoms with Gasteiger partial charge in [0, 0.05) is 44.9 Å². The monoisotopic (exact) mass is 485 g/mol. The lowest BCUT2D eigenvalue weighted by Gasteiger charge is -2.36. The van der Waals surface area contributed by atoms with Crippen LogP contribution in [0.25, 0.3) is 21.5 Å². The van der Waals surface area contributed by atoms with Gasteiger partial charge in [-0.1, -0.05) is 17.8 Å². The molecule has 1 atom stereocenters. The maximum absolute atomic E-state index is 13.7. The lowest BCUT2D eigenvalue weighted by molar-refractivity contribution is 0.231. The highest BCUT2D eigenvalue weighted by Crippen LogP contribution is 2.40. The van der Waals surface area contributed by atoms with E-state index in [0.29, 0.717) is 16.0 Å². The van der Waals surface area contributed by atoms with Crippen LogP contribution in [0.3, 0.4) is 0 Å². The molecule has 35 heavy (non-hydrogen) atoms. The number of fused-ring (bicyclic) bond motifs is 1. The van der Waals surface area contributed by atoms with Crippen LogP contribution in [-0.4, -0.2) is 31.5 Å². The van der Waals surface area contributed by atoms with Gasteiger partial charge in [-0.15, -0.1) is 0 Å². The number of hydrogen-bond donors (Lipinski definition) is 1. The van der Waals surface area contributed by atoms with Crippen LogP contribution in [-0.2, 0) is 0 Å². The first kappa shape index (κ1) is 23.1. The molecule has 0 saturated carbocycles.